The Hall–Kier alpha value is -1.75. The van der Waals surface area contributed by atoms with E-state index in [0.29, 0.717) is 6.04 Å². The third-order valence-corrected chi connectivity index (χ3v) is 4.37. The van der Waals surface area contributed by atoms with Gasteiger partial charge >= 0.3 is 5.97 Å². The molecule has 112 valence electrons. The van der Waals surface area contributed by atoms with E-state index >= 15 is 0 Å². The molecule has 0 aliphatic rings. The molecule has 0 bridgehead atoms. The van der Waals surface area contributed by atoms with Crippen molar-refractivity contribution in [2.45, 2.75) is 19.4 Å². The van der Waals surface area contributed by atoms with Gasteiger partial charge in [-0.1, -0.05) is 31.2 Å². The Morgan fingerprint density at radius 1 is 1.43 bits per heavy atom. The second kappa shape index (κ2) is 6.80. The predicted molar refractivity (Wildman–Crippen MR) is 89.6 cm³/mol. The van der Waals surface area contributed by atoms with Gasteiger partial charge in [-0.05, 0) is 24.1 Å². The van der Waals surface area contributed by atoms with Gasteiger partial charge in [-0.15, -0.1) is 0 Å². The number of pyridine rings is 1. The maximum absolute atomic E-state index is 11.3. The standard InChI is InChI=1S/C16H20N2O2S/c1-4-12(10-21-3)18(2)15-13-8-6-5-7-11(13)9-14(17-15)16(19)20/h5-9,12H,4,10H2,1-3H3,(H,19,20). The fourth-order valence-electron chi connectivity index (χ4n) is 2.43. The highest BCUT2D eigenvalue weighted by atomic mass is 32.2. The number of carbonyl (C=O) groups is 1. The minimum absolute atomic E-state index is 0.0922. The number of aromatic nitrogens is 1. The van der Waals surface area contributed by atoms with Gasteiger partial charge in [-0.25, -0.2) is 9.78 Å². The van der Waals surface area contributed by atoms with Crippen LogP contribution in [0.2, 0.25) is 0 Å². The smallest absolute Gasteiger partial charge is 0.354 e. The van der Waals surface area contributed by atoms with Crippen molar-refractivity contribution in [2.24, 2.45) is 0 Å². The Morgan fingerprint density at radius 2 is 2.14 bits per heavy atom. The molecule has 2 aromatic rings. The number of carboxylic acid groups (broad SMARTS) is 1. The summed E-state index contributed by atoms with van der Waals surface area (Å²) in [5.74, 6) is 0.736. The van der Waals surface area contributed by atoms with E-state index in [0.717, 1.165) is 28.8 Å². The number of thioether (sulfide) groups is 1. The zero-order valence-electron chi connectivity index (χ0n) is 12.5. The lowest BCUT2D eigenvalue weighted by molar-refractivity contribution is 0.0691. The predicted octanol–water partition coefficient (Wildman–Crippen LogP) is 3.51. The normalized spacial score (nSPS) is 12.3. The Balaban J connectivity index is 2.57. The van der Waals surface area contributed by atoms with Crippen molar-refractivity contribution in [1.82, 2.24) is 4.98 Å². The van der Waals surface area contributed by atoms with Gasteiger partial charge in [0.05, 0.1) is 0 Å². The first-order chi connectivity index (χ1) is 10.1. The summed E-state index contributed by atoms with van der Waals surface area (Å²) in [5, 5.41) is 11.2. The van der Waals surface area contributed by atoms with Crippen molar-refractivity contribution in [3.63, 3.8) is 0 Å². The molecule has 2 rings (SSSR count). The van der Waals surface area contributed by atoms with E-state index in [-0.39, 0.29) is 5.69 Å². The summed E-state index contributed by atoms with van der Waals surface area (Å²) >= 11 is 1.79. The lowest BCUT2D eigenvalue weighted by Gasteiger charge is -2.29. The number of hydrogen-bond donors (Lipinski definition) is 1. The van der Waals surface area contributed by atoms with Crippen LogP contribution in [0.5, 0.6) is 0 Å². The van der Waals surface area contributed by atoms with Gasteiger partial charge in [0.1, 0.15) is 5.82 Å². The van der Waals surface area contributed by atoms with Gasteiger partial charge < -0.3 is 10.0 Å². The molecular formula is C16H20N2O2S. The number of fused-ring (bicyclic) bond motifs is 1. The van der Waals surface area contributed by atoms with Crippen LogP contribution in [-0.4, -0.2) is 41.2 Å². The third-order valence-electron chi connectivity index (χ3n) is 3.65. The highest BCUT2D eigenvalue weighted by Crippen LogP contribution is 2.27. The van der Waals surface area contributed by atoms with Crippen LogP contribution in [-0.2, 0) is 0 Å². The van der Waals surface area contributed by atoms with Crippen molar-refractivity contribution in [2.75, 3.05) is 24.0 Å². The van der Waals surface area contributed by atoms with E-state index in [4.69, 9.17) is 0 Å². The molecule has 0 aliphatic carbocycles. The van der Waals surface area contributed by atoms with Crippen molar-refractivity contribution < 1.29 is 9.90 Å². The molecule has 1 unspecified atom stereocenters. The minimum atomic E-state index is -0.992. The molecule has 0 radical (unpaired) electrons. The maximum Gasteiger partial charge on any atom is 0.354 e. The monoisotopic (exact) mass is 304 g/mol. The number of rotatable bonds is 6. The summed E-state index contributed by atoms with van der Waals surface area (Å²) in [6.45, 7) is 2.14. The maximum atomic E-state index is 11.3. The number of nitrogens with zero attached hydrogens (tertiary/aromatic N) is 2. The van der Waals surface area contributed by atoms with Gasteiger partial charge in [0.2, 0.25) is 0 Å². The van der Waals surface area contributed by atoms with Gasteiger partial charge in [0.25, 0.3) is 0 Å². The number of anilines is 1. The summed E-state index contributed by atoms with van der Waals surface area (Å²) in [5.41, 5.74) is 0.0922. The fraction of sp³-hybridized carbons (Fsp3) is 0.375. The summed E-state index contributed by atoms with van der Waals surface area (Å²) in [7, 11) is 1.99. The van der Waals surface area contributed by atoms with Crippen molar-refractivity contribution in [1.29, 1.82) is 0 Å². The fourth-order valence-corrected chi connectivity index (χ4v) is 3.27. The molecule has 0 aliphatic heterocycles. The molecule has 0 saturated carbocycles. The molecule has 0 fully saturated rings. The van der Waals surface area contributed by atoms with Crippen LogP contribution in [0, 0.1) is 0 Å². The molecule has 1 N–H and O–H groups in total. The van der Waals surface area contributed by atoms with E-state index in [9.17, 15) is 9.90 Å². The first-order valence-corrected chi connectivity index (χ1v) is 8.32. The molecule has 1 aromatic heterocycles. The van der Waals surface area contributed by atoms with E-state index < -0.39 is 5.97 Å². The SMILES string of the molecule is CCC(CSC)N(C)c1nc(C(=O)O)cc2ccccc12. The van der Waals surface area contributed by atoms with Gasteiger partial charge in [-0.3, -0.25) is 0 Å². The van der Waals surface area contributed by atoms with E-state index in [2.05, 4.69) is 23.1 Å². The van der Waals surface area contributed by atoms with Crippen molar-refractivity contribution >= 4 is 34.3 Å². The van der Waals surface area contributed by atoms with Crippen LogP contribution in [0.15, 0.2) is 30.3 Å². The average Bonchev–Trinajstić information content (AvgIpc) is 2.50. The molecule has 5 heteroatoms. The summed E-state index contributed by atoms with van der Waals surface area (Å²) in [6, 6.07) is 9.75. The molecule has 1 aromatic carbocycles. The van der Waals surface area contributed by atoms with Gasteiger partial charge in [-0.2, -0.15) is 11.8 Å². The molecule has 0 amide bonds. The number of benzene rings is 1. The third kappa shape index (κ3) is 3.29. The Bertz CT molecular complexity index is 645. The molecule has 4 nitrogen and oxygen atoms in total. The van der Waals surface area contributed by atoms with Crippen LogP contribution in [0.1, 0.15) is 23.8 Å². The zero-order chi connectivity index (χ0) is 15.4. The van der Waals surface area contributed by atoms with E-state index in [1.165, 1.54) is 0 Å². The highest BCUT2D eigenvalue weighted by molar-refractivity contribution is 7.98. The van der Waals surface area contributed by atoms with Crippen LogP contribution in [0.4, 0.5) is 5.82 Å². The lowest BCUT2D eigenvalue weighted by atomic mass is 10.1. The highest BCUT2D eigenvalue weighted by Gasteiger charge is 2.18. The van der Waals surface area contributed by atoms with Crippen molar-refractivity contribution in [3.8, 4) is 0 Å². The van der Waals surface area contributed by atoms with Crippen LogP contribution < -0.4 is 4.90 Å². The van der Waals surface area contributed by atoms with Crippen molar-refractivity contribution in [3.05, 3.63) is 36.0 Å². The topological polar surface area (TPSA) is 53.4 Å². The lowest BCUT2D eigenvalue weighted by Crippen LogP contribution is -2.34. The first-order valence-electron chi connectivity index (χ1n) is 6.93. The zero-order valence-corrected chi connectivity index (χ0v) is 13.4. The summed E-state index contributed by atoms with van der Waals surface area (Å²) < 4.78 is 0. The number of hydrogen-bond acceptors (Lipinski definition) is 4. The summed E-state index contributed by atoms with van der Waals surface area (Å²) in [6.07, 6.45) is 3.07. The van der Waals surface area contributed by atoms with Crippen LogP contribution >= 0.6 is 11.8 Å². The van der Waals surface area contributed by atoms with Gasteiger partial charge in [0.15, 0.2) is 5.69 Å². The molecule has 21 heavy (non-hydrogen) atoms. The van der Waals surface area contributed by atoms with Crippen LogP contribution in [0.3, 0.4) is 0 Å². The van der Waals surface area contributed by atoms with E-state index in [1.54, 1.807) is 17.8 Å². The Labute approximate surface area is 129 Å². The van der Waals surface area contributed by atoms with Crippen LogP contribution in [0.25, 0.3) is 10.8 Å². The first kappa shape index (κ1) is 15.6. The minimum Gasteiger partial charge on any atom is -0.477 e. The number of carboxylic acids is 1. The molecule has 0 spiro atoms. The Morgan fingerprint density at radius 3 is 2.76 bits per heavy atom. The Kier molecular flexibility index (Phi) is 5.07. The number of aromatic carboxylic acids is 1. The van der Waals surface area contributed by atoms with E-state index in [1.807, 2.05) is 31.3 Å². The quantitative estimate of drug-likeness (QED) is 0.885. The molecule has 1 atom stereocenters. The molecule has 0 saturated heterocycles. The second-order valence-corrected chi connectivity index (χ2v) is 5.90. The van der Waals surface area contributed by atoms with Gasteiger partial charge in [0, 0.05) is 24.2 Å². The molecular weight excluding hydrogens is 284 g/mol. The summed E-state index contributed by atoms with van der Waals surface area (Å²) in [4.78, 5) is 17.8. The second-order valence-electron chi connectivity index (χ2n) is 4.99. The molecule has 1 heterocycles. The largest absolute Gasteiger partial charge is 0.477 e. The average molecular weight is 304 g/mol.